The predicted molar refractivity (Wildman–Crippen MR) is 70.1 cm³/mol. The van der Waals surface area contributed by atoms with Gasteiger partial charge in [-0.3, -0.25) is 0 Å². The number of hydrogen-bond acceptors (Lipinski definition) is 0. The van der Waals surface area contributed by atoms with Crippen LogP contribution in [0.2, 0.25) is 5.02 Å². The Labute approximate surface area is 104 Å². The van der Waals surface area contributed by atoms with Crippen LogP contribution in [-0.2, 0) is 0 Å². The smallest absolute Gasteiger partial charge is 0.0492 e. The lowest BCUT2D eigenvalue weighted by Crippen LogP contribution is -2.15. The molecule has 15 heavy (non-hydrogen) atoms. The molecule has 80 valence electrons. The minimum absolute atomic E-state index is 0.736. The summed E-state index contributed by atoms with van der Waals surface area (Å²) in [5.41, 5.74) is 2.59. The molecule has 1 aromatic carbocycles. The second-order valence-electron chi connectivity index (χ2n) is 4.43. The number of allylic oxidation sites excluding steroid dienone is 2. The van der Waals surface area contributed by atoms with Gasteiger partial charge >= 0.3 is 0 Å². The Balaban J connectivity index is 2.23. The largest absolute Gasteiger partial charge is 0.0836 e. The van der Waals surface area contributed by atoms with Gasteiger partial charge in [0.15, 0.2) is 0 Å². The van der Waals surface area contributed by atoms with Crippen molar-refractivity contribution in [2.24, 2.45) is 11.8 Å². The highest BCUT2D eigenvalue weighted by Gasteiger charge is 2.23. The number of halogens is 2. The molecular weight excluding hydrogens is 271 g/mol. The van der Waals surface area contributed by atoms with E-state index >= 15 is 0 Å². The average Bonchev–Trinajstić information content (AvgIpc) is 2.05. The zero-order valence-corrected chi connectivity index (χ0v) is 11.3. The van der Waals surface area contributed by atoms with Gasteiger partial charge in [-0.1, -0.05) is 53.5 Å². The van der Waals surface area contributed by atoms with Crippen molar-refractivity contribution in [1.82, 2.24) is 0 Å². The minimum Gasteiger partial charge on any atom is -0.0836 e. The molecule has 2 heteroatoms. The molecule has 0 spiro atoms. The van der Waals surface area contributed by atoms with Crippen molar-refractivity contribution in [1.29, 1.82) is 0 Å². The third-order valence-corrected chi connectivity index (χ3v) is 3.81. The summed E-state index contributed by atoms with van der Waals surface area (Å²) >= 11 is 9.61. The van der Waals surface area contributed by atoms with Crippen LogP contribution in [-0.4, -0.2) is 0 Å². The fourth-order valence-electron chi connectivity index (χ4n) is 1.86. The van der Waals surface area contributed by atoms with E-state index in [1.807, 2.05) is 12.1 Å². The molecule has 0 amide bonds. The van der Waals surface area contributed by atoms with Gasteiger partial charge in [-0.2, -0.15) is 0 Å². The van der Waals surface area contributed by atoms with E-state index in [2.05, 4.69) is 41.9 Å². The molecule has 0 saturated heterocycles. The maximum atomic E-state index is 6.19. The van der Waals surface area contributed by atoms with Gasteiger partial charge < -0.3 is 0 Å². The zero-order valence-electron chi connectivity index (χ0n) is 8.93. The van der Waals surface area contributed by atoms with Crippen LogP contribution in [0.25, 0.3) is 5.57 Å². The molecule has 0 heterocycles. The van der Waals surface area contributed by atoms with Crippen molar-refractivity contribution in [2.45, 2.75) is 20.3 Å². The number of hydrogen-bond donors (Lipinski definition) is 0. The van der Waals surface area contributed by atoms with Crippen molar-refractivity contribution < 1.29 is 0 Å². The molecule has 0 fully saturated rings. The Bertz CT molecular complexity index is 407. The molecule has 0 aromatic heterocycles. The maximum Gasteiger partial charge on any atom is 0.0492 e. The van der Waals surface area contributed by atoms with Crippen molar-refractivity contribution in [3.63, 3.8) is 0 Å². The third kappa shape index (κ3) is 2.29. The standard InChI is InChI=1S/C13H14BrCl/c1-8(2)9-5-10(6-9)12-4-3-11(14)7-13(12)15/h3-5,7-9H,6H2,1-2H3. The molecule has 1 aromatic rings. The number of benzene rings is 1. The summed E-state index contributed by atoms with van der Waals surface area (Å²) in [5, 5.41) is 0.845. The Morgan fingerprint density at radius 3 is 2.60 bits per heavy atom. The van der Waals surface area contributed by atoms with E-state index in [0.717, 1.165) is 21.3 Å². The first-order valence-electron chi connectivity index (χ1n) is 5.24. The molecule has 0 radical (unpaired) electrons. The van der Waals surface area contributed by atoms with Gasteiger partial charge in [0.25, 0.3) is 0 Å². The SMILES string of the molecule is CC(C)C1C=C(c2ccc(Br)cc2Cl)C1. The second kappa shape index (κ2) is 4.31. The highest BCUT2D eigenvalue weighted by molar-refractivity contribution is 9.10. The quantitative estimate of drug-likeness (QED) is 0.704. The van der Waals surface area contributed by atoms with Gasteiger partial charge in [-0.25, -0.2) is 0 Å². The fraction of sp³-hybridized carbons (Fsp3) is 0.385. The Kier molecular flexibility index (Phi) is 3.22. The lowest BCUT2D eigenvalue weighted by Gasteiger charge is -2.29. The number of rotatable bonds is 2. The van der Waals surface area contributed by atoms with Crippen molar-refractivity contribution in [2.75, 3.05) is 0 Å². The highest BCUT2D eigenvalue weighted by atomic mass is 79.9. The first-order valence-corrected chi connectivity index (χ1v) is 6.41. The molecule has 0 N–H and O–H groups in total. The monoisotopic (exact) mass is 284 g/mol. The molecular formula is C13H14BrCl. The van der Waals surface area contributed by atoms with Crippen LogP contribution in [0, 0.1) is 11.8 Å². The summed E-state index contributed by atoms with van der Waals surface area (Å²) in [6, 6.07) is 6.10. The summed E-state index contributed by atoms with van der Waals surface area (Å²) in [6.07, 6.45) is 3.51. The van der Waals surface area contributed by atoms with Gasteiger partial charge in [0.05, 0.1) is 0 Å². The van der Waals surface area contributed by atoms with Crippen molar-refractivity contribution >= 4 is 33.1 Å². The molecule has 1 aliphatic rings. The van der Waals surface area contributed by atoms with E-state index in [9.17, 15) is 0 Å². The molecule has 0 aliphatic heterocycles. The summed E-state index contributed by atoms with van der Waals surface area (Å²) < 4.78 is 1.04. The Hall–Kier alpha value is -0.270. The van der Waals surface area contributed by atoms with Gasteiger partial charge in [0, 0.05) is 9.50 Å². The average molecular weight is 286 g/mol. The third-order valence-electron chi connectivity index (χ3n) is 3.00. The topological polar surface area (TPSA) is 0 Å². The van der Waals surface area contributed by atoms with Crippen molar-refractivity contribution in [3.8, 4) is 0 Å². The lowest BCUT2D eigenvalue weighted by atomic mass is 9.76. The second-order valence-corrected chi connectivity index (χ2v) is 5.75. The van der Waals surface area contributed by atoms with E-state index in [0.29, 0.717) is 0 Å². The fourth-order valence-corrected chi connectivity index (χ4v) is 2.65. The first kappa shape index (κ1) is 11.2. The van der Waals surface area contributed by atoms with Gasteiger partial charge in [0.1, 0.15) is 0 Å². The van der Waals surface area contributed by atoms with Crippen molar-refractivity contribution in [3.05, 3.63) is 39.3 Å². The van der Waals surface area contributed by atoms with Gasteiger partial charge in [0.2, 0.25) is 0 Å². The summed E-state index contributed by atoms with van der Waals surface area (Å²) in [4.78, 5) is 0. The van der Waals surface area contributed by atoms with Crippen LogP contribution in [0.15, 0.2) is 28.7 Å². The molecule has 2 rings (SSSR count). The van der Waals surface area contributed by atoms with Crippen LogP contribution in [0.1, 0.15) is 25.8 Å². The minimum atomic E-state index is 0.736. The molecule has 1 atom stereocenters. The van der Waals surface area contributed by atoms with E-state index in [-0.39, 0.29) is 0 Å². The molecule has 0 saturated carbocycles. The summed E-state index contributed by atoms with van der Waals surface area (Å²) in [7, 11) is 0. The lowest BCUT2D eigenvalue weighted by molar-refractivity contribution is 0.449. The van der Waals surface area contributed by atoms with Crippen LogP contribution in [0.5, 0.6) is 0 Å². The predicted octanol–water partition coefficient (Wildman–Crippen LogP) is 5.16. The molecule has 1 unspecified atom stereocenters. The Morgan fingerprint density at radius 1 is 1.40 bits per heavy atom. The molecule has 0 nitrogen and oxygen atoms in total. The highest BCUT2D eigenvalue weighted by Crippen LogP contribution is 2.41. The first-order chi connectivity index (χ1) is 7.08. The van der Waals surface area contributed by atoms with E-state index in [1.54, 1.807) is 0 Å². The van der Waals surface area contributed by atoms with E-state index < -0.39 is 0 Å². The van der Waals surface area contributed by atoms with E-state index in [1.165, 1.54) is 17.6 Å². The van der Waals surface area contributed by atoms with Crippen LogP contribution < -0.4 is 0 Å². The van der Waals surface area contributed by atoms with E-state index in [4.69, 9.17) is 11.6 Å². The van der Waals surface area contributed by atoms with Crippen LogP contribution in [0.3, 0.4) is 0 Å². The maximum absolute atomic E-state index is 6.19. The van der Waals surface area contributed by atoms with Crippen LogP contribution in [0.4, 0.5) is 0 Å². The van der Waals surface area contributed by atoms with Gasteiger partial charge in [-0.05, 0) is 41.5 Å². The van der Waals surface area contributed by atoms with Gasteiger partial charge in [-0.15, -0.1) is 0 Å². The molecule has 1 aliphatic carbocycles. The Morgan fingerprint density at radius 2 is 2.07 bits per heavy atom. The van der Waals surface area contributed by atoms with Crippen LogP contribution >= 0.6 is 27.5 Å². The summed E-state index contributed by atoms with van der Waals surface area (Å²) in [6.45, 7) is 4.53. The molecule has 0 bridgehead atoms. The normalized spacial score (nSPS) is 20.1. The summed E-state index contributed by atoms with van der Waals surface area (Å²) in [5.74, 6) is 1.47. The zero-order chi connectivity index (χ0) is 11.0.